The molecule has 0 fully saturated rings. The summed E-state index contributed by atoms with van der Waals surface area (Å²) in [6, 6.07) is 14.3. The molecule has 0 radical (unpaired) electrons. The van der Waals surface area contributed by atoms with Crippen molar-refractivity contribution in [1.29, 1.82) is 5.26 Å². The van der Waals surface area contributed by atoms with E-state index in [2.05, 4.69) is 16.4 Å². The molecule has 0 bridgehead atoms. The van der Waals surface area contributed by atoms with Gasteiger partial charge in [0.05, 0.1) is 17.4 Å². The lowest BCUT2D eigenvalue weighted by molar-refractivity contribution is 0.0925. The number of amides is 1. The van der Waals surface area contributed by atoms with Crippen LogP contribution in [0.2, 0.25) is 0 Å². The van der Waals surface area contributed by atoms with Crippen LogP contribution in [0.4, 0.5) is 5.95 Å². The number of nitrogens with zero attached hydrogens (tertiary/aromatic N) is 4. The van der Waals surface area contributed by atoms with Crippen LogP contribution in [0, 0.1) is 11.3 Å². The average Bonchev–Trinajstić information content (AvgIpc) is 3.40. The third-order valence-electron chi connectivity index (χ3n) is 5.94. The number of carbonyl (C=O) groups excluding carboxylic acids is 2. The van der Waals surface area contributed by atoms with E-state index in [0.29, 0.717) is 42.2 Å². The van der Waals surface area contributed by atoms with Crippen molar-refractivity contribution in [3.05, 3.63) is 65.4 Å². The number of imidazole rings is 1. The predicted octanol–water partition coefficient (Wildman–Crippen LogP) is 3.02. The number of anilines is 1. The van der Waals surface area contributed by atoms with Gasteiger partial charge in [-0.2, -0.15) is 5.26 Å². The van der Waals surface area contributed by atoms with Crippen LogP contribution in [0.3, 0.4) is 0 Å². The van der Waals surface area contributed by atoms with E-state index >= 15 is 0 Å². The minimum absolute atomic E-state index is 0.00515. The molecule has 186 valence electrons. The van der Waals surface area contributed by atoms with Gasteiger partial charge in [0.1, 0.15) is 18.4 Å². The van der Waals surface area contributed by atoms with E-state index in [1.165, 1.54) is 6.07 Å². The average molecular weight is 488 g/mol. The monoisotopic (exact) mass is 487 g/mol. The number of ether oxygens (including phenoxy) is 1. The molecule has 1 aliphatic rings. The second-order valence-corrected chi connectivity index (χ2v) is 9.12. The third-order valence-corrected chi connectivity index (χ3v) is 5.94. The van der Waals surface area contributed by atoms with Crippen molar-refractivity contribution in [3.8, 4) is 23.1 Å². The highest BCUT2D eigenvalue weighted by molar-refractivity contribution is 5.95. The van der Waals surface area contributed by atoms with Crippen molar-refractivity contribution >= 4 is 17.8 Å². The Morgan fingerprint density at radius 3 is 2.64 bits per heavy atom. The number of fused-ring (bicyclic) bond motifs is 1. The van der Waals surface area contributed by atoms with E-state index < -0.39 is 0 Å². The summed E-state index contributed by atoms with van der Waals surface area (Å²) in [5, 5.41) is 22.0. The van der Waals surface area contributed by atoms with Gasteiger partial charge in [0.2, 0.25) is 5.95 Å². The maximum atomic E-state index is 12.9. The van der Waals surface area contributed by atoms with Gasteiger partial charge in [-0.15, -0.1) is 0 Å². The summed E-state index contributed by atoms with van der Waals surface area (Å²) in [4.78, 5) is 31.3. The van der Waals surface area contributed by atoms with E-state index in [0.717, 1.165) is 16.8 Å². The summed E-state index contributed by atoms with van der Waals surface area (Å²) >= 11 is 0. The Balaban J connectivity index is 1.44. The van der Waals surface area contributed by atoms with E-state index in [1.54, 1.807) is 22.9 Å². The zero-order valence-corrected chi connectivity index (χ0v) is 20.6. The molecule has 36 heavy (non-hydrogen) atoms. The number of hydrogen-bond donors (Lipinski definition) is 2. The van der Waals surface area contributed by atoms with Crippen LogP contribution < -0.4 is 15.0 Å². The van der Waals surface area contributed by atoms with Gasteiger partial charge in [-0.1, -0.05) is 24.3 Å². The van der Waals surface area contributed by atoms with Gasteiger partial charge >= 0.3 is 0 Å². The summed E-state index contributed by atoms with van der Waals surface area (Å²) in [5.41, 5.74) is 3.24. The van der Waals surface area contributed by atoms with Crippen LogP contribution in [0.15, 0.2) is 48.7 Å². The van der Waals surface area contributed by atoms with Crippen molar-refractivity contribution in [3.63, 3.8) is 0 Å². The molecule has 1 aromatic heterocycles. The molecule has 2 aromatic carbocycles. The minimum atomic E-state index is -0.320. The lowest BCUT2D eigenvalue weighted by Gasteiger charge is -2.19. The number of benzene rings is 2. The molecule has 2 N–H and O–H groups in total. The van der Waals surface area contributed by atoms with Crippen LogP contribution in [0.5, 0.6) is 5.75 Å². The molecule has 9 heteroatoms. The second-order valence-electron chi connectivity index (χ2n) is 9.12. The molecule has 9 nitrogen and oxygen atoms in total. The number of aromatic nitrogens is 2. The minimum Gasteiger partial charge on any atom is -0.490 e. The van der Waals surface area contributed by atoms with Crippen LogP contribution >= 0.6 is 0 Å². The molecular weight excluding hydrogens is 458 g/mol. The topological polar surface area (TPSA) is 120 Å². The highest BCUT2D eigenvalue weighted by atomic mass is 16.5. The Bertz CT molecular complexity index is 1310. The number of rotatable bonds is 9. The van der Waals surface area contributed by atoms with Gasteiger partial charge in [0, 0.05) is 37.0 Å². The molecule has 0 saturated heterocycles. The van der Waals surface area contributed by atoms with E-state index in [1.807, 2.05) is 50.1 Å². The molecule has 0 saturated carbocycles. The first-order chi connectivity index (χ1) is 17.3. The van der Waals surface area contributed by atoms with Crippen molar-refractivity contribution in [2.75, 3.05) is 25.1 Å². The smallest absolute Gasteiger partial charge is 0.253 e. The largest absolute Gasteiger partial charge is 0.490 e. The van der Waals surface area contributed by atoms with Gasteiger partial charge in [0.25, 0.3) is 11.8 Å². The van der Waals surface area contributed by atoms with Crippen molar-refractivity contribution in [2.24, 2.45) is 0 Å². The van der Waals surface area contributed by atoms with Gasteiger partial charge in [0.15, 0.2) is 0 Å². The summed E-state index contributed by atoms with van der Waals surface area (Å²) in [5.74, 6) is 0.747. The molecule has 2 heterocycles. The number of hydrogen-bond acceptors (Lipinski definition) is 7. The maximum absolute atomic E-state index is 12.9. The van der Waals surface area contributed by atoms with Gasteiger partial charge in [-0.05, 0) is 50.5 Å². The Labute approximate surface area is 209 Å². The van der Waals surface area contributed by atoms with Crippen molar-refractivity contribution in [2.45, 2.75) is 38.8 Å². The number of nitriles is 1. The second kappa shape index (κ2) is 10.6. The predicted molar refractivity (Wildman–Crippen MR) is 135 cm³/mol. The van der Waals surface area contributed by atoms with E-state index in [-0.39, 0.29) is 30.6 Å². The Kier molecular flexibility index (Phi) is 7.36. The normalized spacial score (nSPS) is 13.4. The highest BCUT2D eigenvalue weighted by Crippen LogP contribution is 2.26. The maximum Gasteiger partial charge on any atom is 0.253 e. The first kappa shape index (κ1) is 24.9. The van der Waals surface area contributed by atoms with Crippen molar-refractivity contribution < 1.29 is 19.4 Å². The summed E-state index contributed by atoms with van der Waals surface area (Å²) in [6.07, 6.45) is 2.57. The van der Waals surface area contributed by atoms with Crippen LogP contribution in [-0.4, -0.2) is 58.8 Å². The number of likely N-dealkylation sites (N-methyl/N-ethyl adjacent to an activating group) is 1. The fourth-order valence-corrected chi connectivity index (χ4v) is 4.17. The lowest BCUT2D eigenvalue weighted by atomic mass is 10.0. The highest BCUT2D eigenvalue weighted by Gasteiger charge is 2.26. The van der Waals surface area contributed by atoms with Crippen LogP contribution in [0.1, 0.15) is 46.5 Å². The molecule has 4 rings (SSSR count). The van der Waals surface area contributed by atoms with Gasteiger partial charge in [-0.25, -0.2) is 4.98 Å². The third kappa shape index (κ3) is 5.39. The quantitative estimate of drug-likeness (QED) is 0.476. The zero-order valence-electron chi connectivity index (χ0n) is 20.6. The Morgan fingerprint density at radius 1 is 1.25 bits per heavy atom. The standard InChI is InChI=1S/C27H29N5O4/c1-17(2)36-24-9-8-20(13-21(24)14-28)26(35)29-22(10-11-33)12-18-4-6-19(7-5-18)23-15-32-25(34)16-31(3)27(32)30-23/h4-9,13,15,17,22,33H,10-12,16H2,1-3H3,(H,29,35)/t22-/m1/s1. The Hall–Kier alpha value is -4.16. The molecule has 1 amide bonds. The SMILES string of the molecule is CC(C)Oc1ccc(C(=O)N[C@H](CCO)Cc2ccc(-c3cn4c(n3)N(C)CC4=O)cc2)cc1C#N. The molecule has 1 atom stereocenters. The molecular formula is C27H29N5O4. The van der Waals surface area contributed by atoms with Crippen LogP contribution in [-0.2, 0) is 6.42 Å². The first-order valence-corrected chi connectivity index (χ1v) is 11.8. The molecule has 0 unspecified atom stereocenters. The molecule has 0 spiro atoms. The molecule has 3 aromatic rings. The Morgan fingerprint density at radius 2 is 2.00 bits per heavy atom. The van der Waals surface area contributed by atoms with Gasteiger partial charge < -0.3 is 20.1 Å². The lowest BCUT2D eigenvalue weighted by Crippen LogP contribution is -2.37. The summed E-state index contributed by atoms with van der Waals surface area (Å²) in [7, 11) is 1.83. The van der Waals surface area contributed by atoms with Crippen LogP contribution in [0.25, 0.3) is 11.3 Å². The molecule has 0 aliphatic carbocycles. The van der Waals surface area contributed by atoms with Gasteiger partial charge in [-0.3, -0.25) is 14.2 Å². The number of nitrogens with one attached hydrogen (secondary N) is 1. The zero-order chi connectivity index (χ0) is 25.8. The van der Waals surface area contributed by atoms with Crippen molar-refractivity contribution in [1.82, 2.24) is 14.9 Å². The van der Waals surface area contributed by atoms with E-state index in [9.17, 15) is 20.0 Å². The van der Waals surface area contributed by atoms with E-state index in [4.69, 9.17) is 4.74 Å². The summed E-state index contributed by atoms with van der Waals surface area (Å²) < 4.78 is 7.19. The first-order valence-electron chi connectivity index (χ1n) is 11.8. The molecule has 1 aliphatic heterocycles. The number of carbonyl (C=O) groups is 2. The fraction of sp³-hybridized carbons (Fsp3) is 0.333. The number of aliphatic hydroxyl groups is 1. The number of aliphatic hydroxyl groups excluding tert-OH is 1. The summed E-state index contributed by atoms with van der Waals surface area (Å²) in [6.45, 7) is 3.99. The fourth-order valence-electron chi connectivity index (χ4n) is 4.17.